The summed E-state index contributed by atoms with van der Waals surface area (Å²) in [5.41, 5.74) is 2.70. The highest BCUT2D eigenvalue weighted by Gasteiger charge is 2.23. The Morgan fingerprint density at radius 3 is 2.95 bits per heavy atom. The summed E-state index contributed by atoms with van der Waals surface area (Å²) in [4.78, 5) is 0. The first-order valence-corrected chi connectivity index (χ1v) is 7.49. The van der Waals surface area contributed by atoms with Crippen LogP contribution in [0.3, 0.4) is 0 Å². The SMILES string of the molecule is c1ccc2c(c1)CC(Cn1ccc(CNC3CC3)c1)O2. The Balaban J connectivity index is 1.35. The fourth-order valence-electron chi connectivity index (χ4n) is 2.85. The highest BCUT2D eigenvalue weighted by molar-refractivity contribution is 5.37. The van der Waals surface area contributed by atoms with E-state index in [9.17, 15) is 0 Å². The second kappa shape index (κ2) is 4.98. The van der Waals surface area contributed by atoms with Crippen molar-refractivity contribution >= 4 is 0 Å². The predicted molar refractivity (Wildman–Crippen MR) is 78.9 cm³/mol. The zero-order valence-corrected chi connectivity index (χ0v) is 11.6. The Morgan fingerprint density at radius 1 is 1.20 bits per heavy atom. The first kappa shape index (κ1) is 12.0. The number of ether oxygens (including phenoxy) is 1. The van der Waals surface area contributed by atoms with Gasteiger partial charge in [0.05, 0.1) is 6.54 Å². The van der Waals surface area contributed by atoms with E-state index in [-0.39, 0.29) is 6.10 Å². The van der Waals surface area contributed by atoms with Gasteiger partial charge in [0.15, 0.2) is 0 Å². The predicted octanol–water partition coefficient (Wildman–Crippen LogP) is 2.74. The van der Waals surface area contributed by atoms with Crippen molar-refractivity contribution in [2.75, 3.05) is 0 Å². The molecule has 0 amide bonds. The van der Waals surface area contributed by atoms with E-state index in [4.69, 9.17) is 4.74 Å². The quantitative estimate of drug-likeness (QED) is 0.902. The fraction of sp³-hybridized carbons (Fsp3) is 0.412. The van der Waals surface area contributed by atoms with Crippen molar-refractivity contribution in [2.45, 2.75) is 44.5 Å². The monoisotopic (exact) mass is 268 g/mol. The van der Waals surface area contributed by atoms with Crippen LogP contribution in [0.5, 0.6) is 5.75 Å². The van der Waals surface area contributed by atoms with Gasteiger partial charge in [0.1, 0.15) is 11.9 Å². The molecule has 1 aromatic heterocycles. The molecule has 0 saturated heterocycles. The van der Waals surface area contributed by atoms with Gasteiger partial charge in [-0.3, -0.25) is 0 Å². The molecule has 1 N–H and O–H groups in total. The summed E-state index contributed by atoms with van der Waals surface area (Å²) in [6.45, 7) is 1.92. The smallest absolute Gasteiger partial charge is 0.123 e. The van der Waals surface area contributed by atoms with Crippen LogP contribution in [0.1, 0.15) is 24.0 Å². The molecule has 0 radical (unpaired) electrons. The zero-order valence-electron chi connectivity index (χ0n) is 11.6. The topological polar surface area (TPSA) is 26.2 Å². The Labute approximate surface area is 119 Å². The molecule has 4 rings (SSSR count). The first-order chi connectivity index (χ1) is 9.87. The summed E-state index contributed by atoms with van der Waals surface area (Å²) >= 11 is 0. The maximum absolute atomic E-state index is 5.99. The summed E-state index contributed by atoms with van der Waals surface area (Å²) in [5, 5.41) is 3.55. The maximum atomic E-state index is 5.99. The molecular weight excluding hydrogens is 248 g/mol. The number of para-hydroxylation sites is 1. The lowest BCUT2D eigenvalue weighted by molar-refractivity contribution is 0.209. The Hall–Kier alpha value is -1.74. The minimum absolute atomic E-state index is 0.268. The Kier molecular flexibility index (Phi) is 3.00. The number of rotatable bonds is 5. The molecule has 1 fully saturated rings. The standard InChI is InChI=1S/C17H20N2O/c1-2-4-17-14(3-1)9-16(20-17)12-19-8-7-13(11-19)10-18-15-5-6-15/h1-4,7-8,11,15-16,18H,5-6,9-10,12H2. The number of hydrogen-bond acceptors (Lipinski definition) is 2. The number of fused-ring (bicyclic) bond motifs is 1. The van der Waals surface area contributed by atoms with E-state index in [0.717, 1.165) is 31.3 Å². The van der Waals surface area contributed by atoms with Crippen molar-refractivity contribution in [3.63, 3.8) is 0 Å². The van der Waals surface area contributed by atoms with E-state index >= 15 is 0 Å². The third-order valence-corrected chi connectivity index (χ3v) is 4.11. The molecule has 2 aliphatic rings. The zero-order chi connectivity index (χ0) is 13.4. The summed E-state index contributed by atoms with van der Waals surface area (Å²) in [7, 11) is 0. The van der Waals surface area contributed by atoms with Crippen LogP contribution in [0.2, 0.25) is 0 Å². The number of nitrogens with zero attached hydrogens (tertiary/aromatic N) is 1. The van der Waals surface area contributed by atoms with E-state index in [2.05, 4.69) is 46.5 Å². The fourth-order valence-corrected chi connectivity index (χ4v) is 2.85. The lowest BCUT2D eigenvalue weighted by Gasteiger charge is -2.11. The summed E-state index contributed by atoms with van der Waals surface area (Å²) < 4.78 is 8.24. The molecule has 3 nitrogen and oxygen atoms in total. The normalized spacial score (nSPS) is 20.7. The van der Waals surface area contributed by atoms with E-state index in [1.807, 2.05) is 6.07 Å². The minimum Gasteiger partial charge on any atom is -0.488 e. The van der Waals surface area contributed by atoms with Crippen molar-refractivity contribution in [3.8, 4) is 5.75 Å². The number of aromatic nitrogens is 1. The van der Waals surface area contributed by atoms with Crippen molar-refractivity contribution in [1.82, 2.24) is 9.88 Å². The highest BCUT2D eigenvalue weighted by Crippen LogP contribution is 2.28. The summed E-state index contributed by atoms with van der Waals surface area (Å²) in [6, 6.07) is 11.3. The van der Waals surface area contributed by atoms with Gasteiger partial charge in [-0.05, 0) is 36.1 Å². The van der Waals surface area contributed by atoms with Gasteiger partial charge in [0.25, 0.3) is 0 Å². The number of nitrogens with one attached hydrogen (secondary N) is 1. The number of benzene rings is 1. The molecule has 104 valence electrons. The van der Waals surface area contributed by atoms with Crippen LogP contribution < -0.4 is 10.1 Å². The second-order valence-electron chi connectivity index (χ2n) is 5.92. The van der Waals surface area contributed by atoms with Crippen LogP contribution in [0.4, 0.5) is 0 Å². The molecule has 1 aliphatic carbocycles. The van der Waals surface area contributed by atoms with Crippen LogP contribution >= 0.6 is 0 Å². The molecule has 2 aromatic rings. The minimum atomic E-state index is 0.268. The Bertz CT molecular complexity index is 576. The number of hydrogen-bond donors (Lipinski definition) is 1. The van der Waals surface area contributed by atoms with Gasteiger partial charge < -0.3 is 14.6 Å². The van der Waals surface area contributed by atoms with Crippen molar-refractivity contribution in [1.29, 1.82) is 0 Å². The average Bonchev–Trinajstić information content (AvgIpc) is 3.04. The van der Waals surface area contributed by atoms with Gasteiger partial charge in [-0.15, -0.1) is 0 Å². The molecule has 1 aliphatic heterocycles. The van der Waals surface area contributed by atoms with Gasteiger partial charge in [-0.25, -0.2) is 0 Å². The van der Waals surface area contributed by atoms with Gasteiger partial charge in [-0.2, -0.15) is 0 Å². The van der Waals surface area contributed by atoms with Crippen LogP contribution in [0.25, 0.3) is 0 Å². The third kappa shape index (κ3) is 2.59. The van der Waals surface area contributed by atoms with Gasteiger partial charge >= 0.3 is 0 Å². The van der Waals surface area contributed by atoms with Gasteiger partial charge in [0.2, 0.25) is 0 Å². The Morgan fingerprint density at radius 2 is 2.10 bits per heavy atom. The highest BCUT2D eigenvalue weighted by atomic mass is 16.5. The van der Waals surface area contributed by atoms with Crippen molar-refractivity contribution in [3.05, 3.63) is 53.9 Å². The molecule has 1 aromatic carbocycles. The molecule has 1 saturated carbocycles. The average molecular weight is 268 g/mol. The van der Waals surface area contributed by atoms with Crippen LogP contribution in [-0.2, 0) is 19.5 Å². The first-order valence-electron chi connectivity index (χ1n) is 7.49. The largest absolute Gasteiger partial charge is 0.488 e. The molecule has 2 heterocycles. The van der Waals surface area contributed by atoms with E-state index in [1.165, 1.54) is 24.0 Å². The lowest BCUT2D eigenvalue weighted by atomic mass is 10.1. The van der Waals surface area contributed by atoms with E-state index < -0.39 is 0 Å². The van der Waals surface area contributed by atoms with Gasteiger partial charge in [0, 0.05) is 31.4 Å². The van der Waals surface area contributed by atoms with Crippen LogP contribution in [-0.4, -0.2) is 16.7 Å². The maximum Gasteiger partial charge on any atom is 0.123 e. The molecule has 0 spiro atoms. The summed E-state index contributed by atoms with van der Waals surface area (Å²) in [6.07, 6.45) is 8.37. The lowest BCUT2D eigenvalue weighted by Crippen LogP contribution is -2.20. The molecule has 20 heavy (non-hydrogen) atoms. The molecule has 0 bridgehead atoms. The van der Waals surface area contributed by atoms with E-state index in [0.29, 0.717) is 0 Å². The molecule has 1 unspecified atom stereocenters. The summed E-state index contributed by atoms with van der Waals surface area (Å²) in [5.74, 6) is 1.06. The third-order valence-electron chi connectivity index (χ3n) is 4.11. The van der Waals surface area contributed by atoms with Crippen LogP contribution in [0.15, 0.2) is 42.7 Å². The van der Waals surface area contributed by atoms with Crippen molar-refractivity contribution in [2.24, 2.45) is 0 Å². The van der Waals surface area contributed by atoms with E-state index in [1.54, 1.807) is 0 Å². The van der Waals surface area contributed by atoms with Gasteiger partial charge in [-0.1, -0.05) is 18.2 Å². The second-order valence-corrected chi connectivity index (χ2v) is 5.92. The molecular formula is C17H20N2O. The molecule has 3 heteroatoms. The van der Waals surface area contributed by atoms with Crippen molar-refractivity contribution < 1.29 is 4.74 Å². The molecule has 1 atom stereocenters. The van der Waals surface area contributed by atoms with Crippen LogP contribution in [0, 0.1) is 0 Å².